The van der Waals surface area contributed by atoms with Crippen LogP contribution in [0.2, 0.25) is 0 Å². The second-order valence-electron chi connectivity index (χ2n) is 6.67. The van der Waals surface area contributed by atoms with E-state index in [-0.39, 0.29) is 5.91 Å². The number of carbonyl (C=O) groups excluding carboxylic acids is 1. The molecule has 1 N–H and O–H groups in total. The van der Waals surface area contributed by atoms with Gasteiger partial charge in [-0.15, -0.1) is 5.10 Å². The van der Waals surface area contributed by atoms with Crippen LogP contribution in [0.3, 0.4) is 0 Å². The number of nitrogens with zero attached hydrogens (tertiary/aromatic N) is 5. The third-order valence-electron chi connectivity index (χ3n) is 4.62. The molecule has 0 aromatic carbocycles. The molecule has 140 valence electrons. The summed E-state index contributed by atoms with van der Waals surface area (Å²) in [5, 5.41) is 11.8. The Morgan fingerprint density at radius 1 is 1.30 bits per heavy atom. The van der Waals surface area contributed by atoms with Gasteiger partial charge < -0.3 is 10.1 Å². The van der Waals surface area contributed by atoms with Crippen LogP contribution in [0.4, 0.5) is 0 Å². The Hall–Kier alpha value is -3.16. The topological polar surface area (TPSA) is 86.9 Å². The van der Waals surface area contributed by atoms with Crippen LogP contribution in [0, 0.1) is 0 Å². The van der Waals surface area contributed by atoms with Gasteiger partial charge in [0.15, 0.2) is 0 Å². The number of nitrogens with one attached hydrogen (secondary N) is 1. The van der Waals surface area contributed by atoms with Gasteiger partial charge in [0.05, 0.1) is 19.3 Å². The molecule has 3 aromatic heterocycles. The van der Waals surface area contributed by atoms with E-state index >= 15 is 0 Å². The highest BCUT2D eigenvalue weighted by molar-refractivity contribution is 5.96. The van der Waals surface area contributed by atoms with E-state index in [0.717, 1.165) is 11.3 Å². The Balaban J connectivity index is 1.45. The third-order valence-corrected chi connectivity index (χ3v) is 4.62. The number of methoxy groups -OCH3 is 1. The number of rotatable bonds is 7. The van der Waals surface area contributed by atoms with Crippen molar-refractivity contribution in [1.29, 1.82) is 0 Å². The molecule has 3 heterocycles. The Bertz CT molecular complexity index is 943. The van der Waals surface area contributed by atoms with Crippen molar-refractivity contribution in [3.05, 3.63) is 48.0 Å². The van der Waals surface area contributed by atoms with E-state index < -0.39 is 0 Å². The van der Waals surface area contributed by atoms with Crippen molar-refractivity contribution >= 4 is 5.91 Å². The molecule has 0 radical (unpaired) electrons. The lowest BCUT2D eigenvalue weighted by molar-refractivity contribution is 0.0948. The second kappa shape index (κ2) is 7.22. The maximum atomic E-state index is 12.4. The number of pyridine rings is 1. The fraction of sp³-hybridized carbons (Fsp3) is 0.368. The van der Waals surface area contributed by atoms with Crippen LogP contribution < -0.4 is 10.1 Å². The lowest BCUT2D eigenvalue weighted by Gasteiger charge is -2.08. The molecule has 1 amide bonds. The summed E-state index contributed by atoms with van der Waals surface area (Å²) < 4.78 is 8.72. The first-order valence-electron chi connectivity index (χ1n) is 8.99. The van der Waals surface area contributed by atoms with Crippen molar-refractivity contribution in [1.82, 2.24) is 29.9 Å². The molecule has 0 atom stereocenters. The normalized spacial score (nSPS) is 13.6. The van der Waals surface area contributed by atoms with Crippen molar-refractivity contribution in [3.8, 4) is 17.1 Å². The largest absolute Gasteiger partial charge is 0.479 e. The Morgan fingerprint density at radius 3 is 2.78 bits per heavy atom. The molecule has 4 rings (SSSR count). The number of aryl methyl sites for hydroxylation is 1. The standard InChI is InChI=1S/C19H22N6O2/c1-24-12-15(19(23-24)27-2)18(26)21-9-10-25-17(14-3-4-14)11-16(22-25)13-5-7-20-8-6-13/h5-8,11-12,14H,3-4,9-10H2,1-2H3,(H,21,26). The Kier molecular flexibility index (Phi) is 4.62. The van der Waals surface area contributed by atoms with Crippen LogP contribution in [0.5, 0.6) is 5.88 Å². The van der Waals surface area contributed by atoms with Gasteiger partial charge in [0.1, 0.15) is 5.56 Å². The number of hydrogen-bond acceptors (Lipinski definition) is 5. The van der Waals surface area contributed by atoms with E-state index in [1.807, 2.05) is 16.8 Å². The first-order chi connectivity index (χ1) is 13.2. The zero-order valence-corrected chi connectivity index (χ0v) is 15.4. The first kappa shape index (κ1) is 17.3. The molecule has 3 aromatic rings. The highest BCUT2D eigenvalue weighted by Gasteiger charge is 2.28. The van der Waals surface area contributed by atoms with Crippen LogP contribution in [-0.4, -0.2) is 44.1 Å². The summed E-state index contributed by atoms with van der Waals surface area (Å²) in [4.78, 5) is 16.5. The van der Waals surface area contributed by atoms with Gasteiger partial charge in [-0.2, -0.15) is 5.10 Å². The summed E-state index contributed by atoms with van der Waals surface area (Å²) in [6.07, 6.45) is 7.58. The molecule has 1 saturated carbocycles. The number of carbonyl (C=O) groups is 1. The third kappa shape index (κ3) is 3.69. The number of aromatic nitrogens is 5. The smallest absolute Gasteiger partial charge is 0.258 e. The van der Waals surface area contributed by atoms with E-state index in [1.54, 1.807) is 30.3 Å². The lowest BCUT2D eigenvalue weighted by Crippen LogP contribution is -2.28. The summed E-state index contributed by atoms with van der Waals surface area (Å²) in [7, 11) is 3.26. The maximum Gasteiger partial charge on any atom is 0.258 e. The molecule has 0 unspecified atom stereocenters. The maximum absolute atomic E-state index is 12.4. The molecule has 0 bridgehead atoms. The molecule has 0 saturated heterocycles. The molecule has 8 nitrogen and oxygen atoms in total. The number of hydrogen-bond donors (Lipinski definition) is 1. The summed E-state index contributed by atoms with van der Waals surface area (Å²) in [5.74, 6) is 0.698. The zero-order valence-electron chi connectivity index (χ0n) is 15.4. The molecular formula is C19H22N6O2. The van der Waals surface area contributed by atoms with Crippen LogP contribution in [0.15, 0.2) is 36.8 Å². The van der Waals surface area contributed by atoms with Crippen LogP contribution in [-0.2, 0) is 13.6 Å². The van der Waals surface area contributed by atoms with Crippen LogP contribution in [0.1, 0.15) is 34.8 Å². The minimum Gasteiger partial charge on any atom is -0.479 e. The molecule has 27 heavy (non-hydrogen) atoms. The molecular weight excluding hydrogens is 344 g/mol. The fourth-order valence-corrected chi connectivity index (χ4v) is 3.13. The van der Waals surface area contributed by atoms with Gasteiger partial charge in [0.25, 0.3) is 5.91 Å². The average molecular weight is 366 g/mol. The summed E-state index contributed by atoms with van der Waals surface area (Å²) in [6.45, 7) is 1.10. The summed E-state index contributed by atoms with van der Waals surface area (Å²) in [5.41, 5.74) is 3.66. The second-order valence-corrected chi connectivity index (χ2v) is 6.67. The van der Waals surface area contributed by atoms with Crippen molar-refractivity contribution < 1.29 is 9.53 Å². The number of amides is 1. The summed E-state index contributed by atoms with van der Waals surface area (Å²) >= 11 is 0. The van der Waals surface area contributed by atoms with Crippen molar-refractivity contribution in [2.24, 2.45) is 7.05 Å². The first-order valence-corrected chi connectivity index (χ1v) is 8.99. The monoisotopic (exact) mass is 366 g/mol. The predicted octanol–water partition coefficient (Wildman–Crippen LogP) is 1.99. The van der Waals surface area contributed by atoms with Gasteiger partial charge in [-0.1, -0.05) is 0 Å². The Morgan fingerprint density at radius 2 is 2.07 bits per heavy atom. The van der Waals surface area contributed by atoms with E-state index in [1.165, 1.54) is 25.6 Å². The van der Waals surface area contributed by atoms with Gasteiger partial charge >= 0.3 is 0 Å². The van der Waals surface area contributed by atoms with Crippen LogP contribution in [0.25, 0.3) is 11.3 Å². The van der Waals surface area contributed by atoms with E-state index in [4.69, 9.17) is 9.84 Å². The van der Waals surface area contributed by atoms with Gasteiger partial charge in [-0.05, 0) is 31.0 Å². The van der Waals surface area contributed by atoms with Gasteiger partial charge in [0.2, 0.25) is 5.88 Å². The molecule has 0 aliphatic heterocycles. The quantitative estimate of drug-likeness (QED) is 0.691. The highest BCUT2D eigenvalue weighted by Crippen LogP contribution is 2.41. The van der Waals surface area contributed by atoms with Gasteiger partial charge in [-0.3, -0.25) is 19.1 Å². The van der Waals surface area contributed by atoms with Gasteiger partial charge in [-0.25, -0.2) is 0 Å². The minimum atomic E-state index is -0.200. The zero-order chi connectivity index (χ0) is 18.8. The Labute approximate surface area is 157 Å². The van der Waals surface area contributed by atoms with Crippen molar-refractivity contribution in [2.45, 2.75) is 25.3 Å². The number of ether oxygens (including phenoxy) is 1. The van der Waals surface area contributed by atoms with E-state index in [9.17, 15) is 4.79 Å². The molecule has 1 fully saturated rings. The van der Waals surface area contributed by atoms with E-state index in [0.29, 0.717) is 30.5 Å². The molecule has 0 spiro atoms. The summed E-state index contributed by atoms with van der Waals surface area (Å²) in [6, 6.07) is 6.07. The van der Waals surface area contributed by atoms with Crippen molar-refractivity contribution in [2.75, 3.05) is 13.7 Å². The predicted molar refractivity (Wildman–Crippen MR) is 99.5 cm³/mol. The lowest BCUT2D eigenvalue weighted by atomic mass is 10.2. The van der Waals surface area contributed by atoms with Crippen LogP contribution >= 0.6 is 0 Å². The fourth-order valence-electron chi connectivity index (χ4n) is 3.13. The SMILES string of the molecule is COc1nn(C)cc1C(=O)NCCn1nc(-c2ccncc2)cc1C1CC1. The highest BCUT2D eigenvalue weighted by atomic mass is 16.5. The molecule has 1 aliphatic carbocycles. The van der Waals surface area contributed by atoms with E-state index in [2.05, 4.69) is 21.5 Å². The molecule has 8 heteroatoms. The molecule has 1 aliphatic rings. The average Bonchev–Trinajstić information content (AvgIpc) is 3.33. The van der Waals surface area contributed by atoms with Gasteiger partial charge in [0, 0.05) is 49.4 Å². The minimum absolute atomic E-state index is 0.200. The van der Waals surface area contributed by atoms with Crippen molar-refractivity contribution in [3.63, 3.8) is 0 Å².